The fraction of sp³-hybridized carbons (Fsp3) is 0.350. The molecule has 2 amide bonds. The van der Waals surface area contributed by atoms with Crippen molar-refractivity contribution in [2.24, 2.45) is 0 Å². The molecule has 5 heteroatoms. The van der Waals surface area contributed by atoms with Gasteiger partial charge in [-0.05, 0) is 51.5 Å². The highest BCUT2D eigenvalue weighted by molar-refractivity contribution is 5.95. The summed E-state index contributed by atoms with van der Waals surface area (Å²) in [6.45, 7) is 8.13. The van der Waals surface area contributed by atoms with Crippen LogP contribution in [-0.4, -0.2) is 28.4 Å². The molecular formula is C20H27N3O2. The molecule has 0 aliphatic carbocycles. The molecule has 2 aromatic rings. The fourth-order valence-corrected chi connectivity index (χ4v) is 2.65. The maximum Gasteiger partial charge on any atom is 0.319 e. The lowest BCUT2D eigenvalue weighted by Gasteiger charge is -2.16. The molecule has 1 aromatic heterocycles. The van der Waals surface area contributed by atoms with E-state index in [0.29, 0.717) is 6.04 Å². The molecule has 0 radical (unpaired) electrons. The highest BCUT2D eigenvalue weighted by atomic mass is 16.3. The van der Waals surface area contributed by atoms with E-state index in [1.165, 1.54) is 0 Å². The number of benzene rings is 1. The van der Waals surface area contributed by atoms with Gasteiger partial charge in [-0.25, -0.2) is 4.79 Å². The van der Waals surface area contributed by atoms with Crippen LogP contribution in [0.5, 0.6) is 0 Å². The van der Waals surface area contributed by atoms with E-state index in [1.807, 2.05) is 43.3 Å². The quantitative estimate of drug-likeness (QED) is 0.782. The Morgan fingerprint density at radius 3 is 2.52 bits per heavy atom. The van der Waals surface area contributed by atoms with Crippen molar-refractivity contribution in [1.29, 1.82) is 0 Å². The van der Waals surface area contributed by atoms with Crippen LogP contribution in [-0.2, 0) is 0 Å². The average molecular weight is 341 g/mol. The zero-order valence-electron chi connectivity index (χ0n) is 15.3. The lowest BCUT2D eigenvalue weighted by molar-refractivity contribution is 0.190. The molecule has 0 aliphatic rings. The first-order chi connectivity index (χ1) is 11.9. The summed E-state index contributed by atoms with van der Waals surface area (Å²) in [6.07, 6.45) is 1.49. The minimum absolute atomic E-state index is 0.215. The second kappa shape index (κ2) is 8.53. The predicted octanol–water partition coefficient (Wildman–Crippen LogP) is 4.16. The first-order valence-corrected chi connectivity index (χ1v) is 8.56. The van der Waals surface area contributed by atoms with Crippen LogP contribution in [0.2, 0.25) is 0 Å². The van der Waals surface area contributed by atoms with Gasteiger partial charge in [0.1, 0.15) is 0 Å². The van der Waals surface area contributed by atoms with E-state index in [-0.39, 0.29) is 12.6 Å². The van der Waals surface area contributed by atoms with Gasteiger partial charge in [-0.1, -0.05) is 24.3 Å². The number of aliphatic hydroxyl groups is 1. The van der Waals surface area contributed by atoms with E-state index in [2.05, 4.69) is 41.3 Å². The van der Waals surface area contributed by atoms with Crippen molar-refractivity contribution < 1.29 is 9.90 Å². The smallest absolute Gasteiger partial charge is 0.319 e. The van der Waals surface area contributed by atoms with Gasteiger partial charge in [0.05, 0.1) is 6.10 Å². The zero-order valence-corrected chi connectivity index (χ0v) is 15.3. The first kappa shape index (κ1) is 18.8. The van der Waals surface area contributed by atoms with Gasteiger partial charge < -0.3 is 20.3 Å². The number of hydrogen-bond donors (Lipinski definition) is 3. The predicted molar refractivity (Wildman–Crippen MR) is 103 cm³/mol. The van der Waals surface area contributed by atoms with E-state index in [1.54, 1.807) is 6.92 Å². The van der Waals surface area contributed by atoms with E-state index >= 15 is 0 Å². The third-order valence-corrected chi connectivity index (χ3v) is 3.98. The second-order valence-electron chi connectivity index (χ2n) is 6.44. The standard InChI is InChI=1S/C20H27N3O2/c1-14(2)23-12-8-6-5-7-9-17-16(4)18(10-11-19(17)23)22-20(25)21-13-15(3)24/h5-12,14-15,24H,13H2,1-4H3,(H2,21,22,25). The number of aromatic nitrogens is 1. The van der Waals surface area contributed by atoms with Crippen LogP contribution >= 0.6 is 0 Å². The molecule has 1 unspecified atom stereocenters. The van der Waals surface area contributed by atoms with Crippen LogP contribution in [0, 0.1) is 6.92 Å². The SMILES string of the molecule is Cc1c(NC(=O)NCC(C)O)ccc2c1ccccccn2C(C)C. The van der Waals surface area contributed by atoms with E-state index < -0.39 is 6.10 Å². The number of anilines is 1. The molecule has 0 saturated carbocycles. The van der Waals surface area contributed by atoms with Crippen molar-refractivity contribution >= 4 is 22.6 Å². The molecule has 1 atom stereocenters. The first-order valence-electron chi connectivity index (χ1n) is 8.56. The maximum atomic E-state index is 12.0. The van der Waals surface area contributed by atoms with Gasteiger partial charge in [0, 0.05) is 35.4 Å². The highest BCUT2D eigenvalue weighted by Crippen LogP contribution is 2.25. The van der Waals surface area contributed by atoms with Crippen LogP contribution in [0.15, 0.2) is 48.7 Å². The summed E-state index contributed by atoms with van der Waals surface area (Å²) in [5, 5.41) is 15.9. The summed E-state index contributed by atoms with van der Waals surface area (Å²) >= 11 is 0. The number of amides is 2. The van der Waals surface area contributed by atoms with Gasteiger partial charge in [0.25, 0.3) is 0 Å². The van der Waals surface area contributed by atoms with Crippen molar-refractivity contribution in [3.05, 3.63) is 54.2 Å². The summed E-state index contributed by atoms with van der Waals surface area (Å²) < 4.78 is 2.21. The van der Waals surface area contributed by atoms with Gasteiger partial charge in [-0.3, -0.25) is 0 Å². The van der Waals surface area contributed by atoms with Gasteiger partial charge in [-0.2, -0.15) is 0 Å². The number of hydrogen-bond acceptors (Lipinski definition) is 2. The summed E-state index contributed by atoms with van der Waals surface area (Å²) in [7, 11) is 0. The molecule has 25 heavy (non-hydrogen) atoms. The Kier molecular flexibility index (Phi) is 6.42. The summed E-state index contributed by atoms with van der Waals surface area (Å²) in [4.78, 5) is 12.0. The third-order valence-electron chi connectivity index (χ3n) is 3.98. The van der Waals surface area contributed by atoms with Crippen LogP contribution in [0.1, 0.15) is 32.4 Å². The molecule has 5 nitrogen and oxygen atoms in total. The Labute approximate surface area is 149 Å². The van der Waals surface area contributed by atoms with Crippen LogP contribution in [0.25, 0.3) is 10.9 Å². The van der Waals surface area contributed by atoms with Crippen molar-refractivity contribution in [2.45, 2.75) is 39.8 Å². The number of aliphatic hydroxyl groups excluding tert-OH is 1. The van der Waals surface area contributed by atoms with Gasteiger partial charge >= 0.3 is 6.03 Å². The molecule has 1 aromatic carbocycles. The topological polar surface area (TPSA) is 66.3 Å². The molecule has 0 saturated heterocycles. The number of carbonyl (C=O) groups is 1. The fourth-order valence-electron chi connectivity index (χ4n) is 2.65. The minimum atomic E-state index is -0.576. The number of fused-ring (bicyclic) bond motifs is 1. The minimum Gasteiger partial charge on any atom is -0.392 e. The Bertz CT molecular complexity index is 793. The van der Waals surface area contributed by atoms with E-state index in [0.717, 1.165) is 22.2 Å². The number of rotatable bonds is 4. The van der Waals surface area contributed by atoms with E-state index in [9.17, 15) is 9.90 Å². The Morgan fingerprint density at radius 2 is 1.84 bits per heavy atom. The lowest BCUT2D eigenvalue weighted by atomic mass is 10.1. The highest BCUT2D eigenvalue weighted by Gasteiger charge is 2.09. The normalized spacial score (nSPS) is 11.9. The van der Waals surface area contributed by atoms with Crippen molar-refractivity contribution in [2.75, 3.05) is 11.9 Å². The third kappa shape index (κ3) is 4.97. The summed E-state index contributed by atoms with van der Waals surface area (Å²) in [6, 6.07) is 14.0. The van der Waals surface area contributed by atoms with Crippen LogP contribution in [0.4, 0.5) is 10.5 Å². The zero-order chi connectivity index (χ0) is 18.4. The molecule has 0 aliphatic heterocycles. The molecular weight excluding hydrogens is 314 g/mol. The molecule has 0 fully saturated rings. The molecule has 134 valence electrons. The molecule has 3 N–H and O–H groups in total. The molecule has 0 bridgehead atoms. The number of carbonyl (C=O) groups excluding carboxylic acids is 1. The monoisotopic (exact) mass is 341 g/mol. The Balaban J connectivity index is 2.50. The number of urea groups is 1. The van der Waals surface area contributed by atoms with Crippen LogP contribution in [0.3, 0.4) is 0 Å². The van der Waals surface area contributed by atoms with Gasteiger partial charge in [0.15, 0.2) is 0 Å². The summed E-state index contributed by atoms with van der Waals surface area (Å²) in [5.74, 6) is 0. The Morgan fingerprint density at radius 1 is 1.12 bits per heavy atom. The molecule has 2 rings (SSSR count). The Hall–Kier alpha value is -2.53. The van der Waals surface area contributed by atoms with Crippen molar-refractivity contribution in [3.8, 4) is 0 Å². The largest absolute Gasteiger partial charge is 0.392 e. The number of aryl methyl sites for hydroxylation is 1. The molecule has 0 spiro atoms. The van der Waals surface area contributed by atoms with Crippen molar-refractivity contribution in [3.63, 3.8) is 0 Å². The number of nitrogens with one attached hydrogen (secondary N) is 2. The van der Waals surface area contributed by atoms with Crippen LogP contribution < -0.4 is 10.6 Å². The second-order valence-corrected chi connectivity index (χ2v) is 6.44. The average Bonchev–Trinajstić information content (AvgIpc) is 2.65. The van der Waals surface area contributed by atoms with Gasteiger partial charge in [-0.15, -0.1) is 0 Å². The van der Waals surface area contributed by atoms with Gasteiger partial charge in [0.2, 0.25) is 0 Å². The van der Waals surface area contributed by atoms with E-state index in [4.69, 9.17) is 0 Å². The molecule has 1 heterocycles. The summed E-state index contributed by atoms with van der Waals surface area (Å²) in [5.41, 5.74) is 2.84. The lowest BCUT2D eigenvalue weighted by Crippen LogP contribution is -2.34. The van der Waals surface area contributed by atoms with Crippen molar-refractivity contribution in [1.82, 2.24) is 9.88 Å². The maximum absolute atomic E-state index is 12.0. The number of nitrogens with zero attached hydrogens (tertiary/aromatic N) is 1.